The van der Waals surface area contributed by atoms with Crippen LogP contribution in [0.5, 0.6) is 0 Å². The highest BCUT2D eigenvalue weighted by Crippen LogP contribution is 2.21. The fraction of sp³-hybridized carbons (Fsp3) is 0.235. The van der Waals surface area contributed by atoms with Gasteiger partial charge < -0.3 is 4.74 Å². The Kier molecular flexibility index (Phi) is 5.31. The van der Waals surface area contributed by atoms with E-state index in [2.05, 4.69) is 23.5 Å². The Balaban J connectivity index is 2.09. The molecule has 0 aliphatic carbocycles. The number of hydrogen-bond donors (Lipinski definition) is 1. The van der Waals surface area contributed by atoms with E-state index >= 15 is 0 Å². The largest absolute Gasteiger partial charge is 0.383 e. The van der Waals surface area contributed by atoms with Crippen LogP contribution in [0.2, 0.25) is 0 Å². The van der Waals surface area contributed by atoms with E-state index < -0.39 is 0 Å². The minimum absolute atomic E-state index is 0.296. The average molecular weight is 266 g/mol. The van der Waals surface area contributed by atoms with Gasteiger partial charge in [-0.1, -0.05) is 54.6 Å². The summed E-state index contributed by atoms with van der Waals surface area (Å²) in [6.45, 7) is 1.26. The first-order chi connectivity index (χ1) is 9.85. The smallest absolute Gasteiger partial charge is 0.121 e. The van der Waals surface area contributed by atoms with Crippen molar-refractivity contribution in [1.29, 1.82) is 5.26 Å². The quantitative estimate of drug-likeness (QED) is 0.817. The zero-order valence-corrected chi connectivity index (χ0v) is 11.5. The molecule has 0 saturated heterocycles. The van der Waals surface area contributed by atoms with Crippen molar-refractivity contribution in [2.45, 2.75) is 6.04 Å². The molecule has 3 heteroatoms. The van der Waals surface area contributed by atoms with Crippen LogP contribution in [0, 0.1) is 11.3 Å². The topological polar surface area (TPSA) is 45.0 Å². The van der Waals surface area contributed by atoms with Gasteiger partial charge in [0.2, 0.25) is 0 Å². The Morgan fingerprint density at radius 1 is 1.05 bits per heavy atom. The third-order valence-corrected chi connectivity index (χ3v) is 3.13. The minimum Gasteiger partial charge on any atom is -0.383 e. The lowest BCUT2D eigenvalue weighted by Gasteiger charge is -2.12. The molecule has 0 spiro atoms. The van der Waals surface area contributed by atoms with E-state index in [4.69, 9.17) is 4.74 Å². The number of rotatable bonds is 6. The van der Waals surface area contributed by atoms with E-state index in [9.17, 15) is 5.26 Å². The van der Waals surface area contributed by atoms with Crippen molar-refractivity contribution in [3.8, 4) is 17.2 Å². The maximum atomic E-state index is 9.21. The van der Waals surface area contributed by atoms with E-state index in [1.54, 1.807) is 7.11 Å². The lowest BCUT2D eigenvalue weighted by Crippen LogP contribution is -2.23. The lowest BCUT2D eigenvalue weighted by molar-refractivity contribution is 0.198. The van der Waals surface area contributed by atoms with Crippen LogP contribution < -0.4 is 5.32 Å². The molecule has 2 rings (SSSR count). The maximum Gasteiger partial charge on any atom is 0.121 e. The molecule has 1 unspecified atom stereocenters. The second-order valence-electron chi connectivity index (χ2n) is 4.50. The van der Waals surface area contributed by atoms with E-state index in [0.717, 1.165) is 11.1 Å². The monoisotopic (exact) mass is 266 g/mol. The minimum atomic E-state index is -0.296. The number of methoxy groups -OCH3 is 1. The van der Waals surface area contributed by atoms with Gasteiger partial charge in [-0.15, -0.1) is 0 Å². The highest BCUT2D eigenvalue weighted by atomic mass is 16.5. The van der Waals surface area contributed by atoms with Crippen LogP contribution in [0.1, 0.15) is 11.6 Å². The molecule has 0 radical (unpaired) electrons. The lowest BCUT2D eigenvalue weighted by atomic mass is 10.0. The van der Waals surface area contributed by atoms with Crippen LogP contribution in [0.3, 0.4) is 0 Å². The third-order valence-electron chi connectivity index (χ3n) is 3.13. The molecule has 1 N–H and O–H groups in total. The van der Waals surface area contributed by atoms with Gasteiger partial charge in [-0.3, -0.25) is 5.32 Å². The number of benzene rings is 2. The predicted molar refractivity (Wildman–Crippen MR) is 80.1 cm³/mol. The van der Waals surface area contributed by atoms with Crippen molar-refractivity contribution in [2.24, 2.45) is 0 Å². The summed E-state index contributed by atoms with van der Waals surface area (Å²) in [5.41, 5.74) is 3.31. The Hall–Kier alpha value is -2.15. The van der Waals surface area contributed by atoms with Gasteiger partial charge in [0.1, 0.15) is 6.04 Å². The second kappa shape index (κ2) is 7.44. The summed E-state index contributed by atoms with van der Waals surface area (Å²) in [5.74, 6) is 0. The molecule has 2 aromatic carbocycles. The molecule has 0 amide bonds. The second-order valence-corrected chi connectivity index (χ2v) is 4.50. The number of ether oxygens (including phenoxy) is 1. The molecular weight excluding hydrogens is 248 g/mol. The molecule has 0 fully saturated rings. The van der Waals surface area contributed by atoms with Gasteiger partial charge in [0.05, 0.1) is 12.7 Å². The molecule has 0 heterocycles. The zero-order chi connectivity index (χ0) is 14.2. The fourth-order valence-corrected chi connectivity index (χ4v) is 2.04. The van der Waals surface area contributed by atoms with Crippen LogP contribution in [-0.4, -0.2) is 20.3 Å². The van der Waals surface area contributed by atoms with Crippen LogP contribution in [-0.2, 0) is 4.74 Å². The molecular formula is C17H18N2O. The van der Waals surface area contributed by atoms with Crippen molar-refractivity contribution in [1.82, 2.24) is 5.32 Å². The van der Waals surface area contributed by atoms with Gasteiger partial charge in [0.25, 0.3) is 0 Å². The molecule has 3 nitrogen and oxygen atoms in total. The van der Waals surface area contributed by atoms with E-state index in [-0.39, 0.29) is 6.04 Å². The van der Waals surface area contributed by atoms with Crippen molar-refractivity contribution in [3.05, 3.63) is 60.2 Å². The van der Waals surface area contributed by atoms with E-state index in [1.165, 1.54) is 5.56 Å². The van der Waals surface area contributed by atoms with Gasteiger partial charge >= 0.3 is 0 Å². The predicted octanol–water partition coefficient (Wildman–Crippen LogP) is 3.15. The highest BCUT2D eigenvalue weighted by Gasteiger charge is 2.09. The molecule has 102 valence electrons. The first-order valence-corrected chi connectivity index (χ1v) is 6.62. The Labute approximate surface area is 119 Å². The van der Waals surface area contributed by atoms with Crippen LogP contribution >= 0.6 is 0 Å². The van der Waals surface area contributed by atoms with Crippen molar-refractivity contribution >= 4 is 0 Å². The normalized spacial score (nSPS) is 11.8. The number of nitrogens with zero attached hydrogens (tertiary/aromatic N) is 1. The molecule has 1 atom stereocenters. The number of hydrogen-bond acceptors (Lipinski definition) is 3. The van der Waals surface area contributed by atoms with E-state index in [0.29, 0.717) is 13.2 Å². The highest BCUT2D eigenvalue weighted by molar-refractivity contribution is 5.63. The fourth-order valence-electron chi connectivity index (χ4n) is 2.04. The Morgan fingerprint density at radius 3 is 2.30 bits per heavy atom. The summed E-state index contributed by atoms with van der Waals surface area (Å²) >= 11 is 0. The maximum absolute atomic E-state index is 9.21. The van der Waals surface area contributed by atoms with Crippen molar-refractivity contribution in [3.63, 3.8) is 0 Å². The Bertz CT molecular complexity index is 558. The van der Waals surface area contributed by atoms with Gasteiger partial charge in [0, 0.05) is 13.7 Å². The van der Waals surface area contributed by atoms with Gasteiger partial charge in [0.15, 0.2) is 0 Å². The molecule has 0 aliphatic rings. The molecule has 20 heavy (non-hydrogen) atoms. The average Bonchev–Trinajstić information content (AvgIpc) is 2.53. The number of nitriles is 1. The SMILES string of the molecule is COCCNC(C#N)c1ccc(-c2ccccc2)cc1. The standard InChI is InChI=1S/C17H18N2O/c1-20-12-11-19-17(13-18)16-9-7-15(8-10-16)14-5-3-2-4-6-14/h2-10,17,19H,11-12H2,1H3. The molecule has 2 aromatic rings. The van der Waals surface area contributed by atoms with Gasteiger partial charge in [-0.25, -0.2) is 0 Å². The summed E-state index contributed by atoms with van der Waals surface area (Å²) < 4.78 is 4.98. The summed E-state index contributed by atoms with van der Waals surface area (Å²) in [4.78, 5) is 0. The molecule has 0 aromatic heterocycles. The first kappa shape index (κ1) is 14.3. The molecule has 0 bridgehead atoms. The molecule has 0 saturated carbocycles. The van der Waals surface area contributed by atoms with Gasteiger partial charge in [-0.2, -0.15) is 5.26 Å². The third kappa shape index (κ3) is 3.67. The summed E-state index contributed by atoms with van der Waals surface area (Å²) in [7, 11) is 1.65. The van der Waals surface area contributed by atoms with E-state index in [1.807, 2.05) is 42.5 Å². The first-order valence-electron chi connectivity index (χ1n) is 6.62. The zero-order valence-electron chi connectivity index (χ0n) is 11.5. The van der Waals surface area contributed by atoms with Gasteiger partial charge in [-0.05, 0) is 16.7 Å². The van der Waals surface area contributed by atoms with Crippen LogP contribution in [0.15, 0.2) is 54.6 Å². The molecule has 0 aliphatic heterocycles. The van der Waals surface area contributed by atoms with Crippen LogP contribution in [0.4, 0.5) is 0 Å². The summed E-state index contributed by atoms with van der Waals surface area (Å²) in [6.07, 6.45) is 0. The summed E-state index contributed by atoms with van der Waals surface area (Å²) in [5, 5.41) is 12.4. The summed E-state index contributed by atoms with van der Waals surface area (Å²) in [6, 6.07) is 20.3. The van der Waals surface area contributed by atoms with Crippen molar-refractivity contribution < 1.29 is 4.74 Å². The Morgan fingerprint density at radius 2 is 1.70 bits per heavy atom. The van der Waals surface area contributed by atoms with Crippen molar-refractivity contribution in [2.75, 3.05) is 20.3 Å². The van der Waals surface area contributed by atoms with Crippen LogP contribution in [0.25, 0.3) is 11.1 Å². The number of nitrogens with one attached hydrogen (secondary N) is 1.